The van der Waals surface area contributed by atoms with Crippen molar-refractivity contribution in [2.75, 3.05) is 26.9 Å². The zero-order chi connectivity index (χ0) is 14.1. The van der Waals surface area contributed by atoms with E-state index < -0.39 is 0 Å². The molecule has 0 radical (unpaired) electrons. The van der Waals surface area contributed by atoms with E-state index in [4.69, 9.17) is 21.1 Å². The third kappa shape index (κ3) is 6.28. The first-order valence-electron chi connectivity index (χ1n) is 6.75. The second kappa shape index (κ2) is 9.18. The summed E-state index contributed by atoms with van der Waals surface area (Å²) in [4.78, 5) is 0. The summed E-state index contributed by atoms with van der Waals surface area (Å²) in [5, 5.41) is 3.98. The van der Waals surface area contributed by atoms with Crippen molar-refractivity contribution in [3.05, 3.63) is 28.8 Å². The number of ether oxygens (including phenoxy) is 2. The van der Waals surface area contributed by atoms with Gasteiger partial charge in [-0.05, 0) is 18.4 Å². The quantitative estimate of drug-likeness (QED) is 0.705. The van der Waals surface area contributed by atoms with Gasteiger partial charge in [-0.3, -0.25) is 0 Å². The Balaban J connectivity index is 2.56. The molecule has 0 aromatic heterocycles. The summed E-state index contributed by atoms with van der Waals surface area (Å²) in [5.41, 5.74) is 1.09. The van der Waals surface area contributed by atoms with Crippen LogP contribution in [0.5, 0.6) is 5.75 Å². The molecular weight excluding hydrogens is 262 g/mol. The molecule has 0 spiro atoms. The summed E-state index contributed by atoms with van der Waals surface area (Å²) in [6, 6.07) is 5.85. The van der Waals surface area contributed by atoms with Gasteiger partial charge in [-0.15, -0.1) is 0 Å². The number of nitrogens with one attached hydrogen (secondary N) is 1. The Morgan fingerprint density at radius 3 is 2.74 bits per heavy atom. The number of para-hydroxylation sites is 1. The zero-order valence-corrected chi connectivity index (χ0v) is 12.8. The molecule has 19 heavy (non-hydrogen) atoms. The molecular formula is C15H24ClNO2. The number of hydrogen-bond acceptors (Lipinski definition) is 3. The van der Waals surface area contributed by atoms with Crippen LogP contribution in [0, 0.1) is 5.92 Å². The highest BCUT2D eigenvalue weighted by Crippen LogP contribution is 2.29. The highest BCUT2D eigenvalue weighted by atomic mass is 35.5. The molecule has 1 rings (SSSR count). The summed E-state index contributed by atoms with van der Waals surface area (Å²) in [6.07, 6.45) is 1.03. The van der Waals surface area contributed by atoms with Crippen LogP contribution in [0.1, 0.15) is 25.8 Å². The fourth-order valence-electron chi connectivity index (χ4n) is 1.65. The second-order valence-corrected chi connectivity index (χ2v) is 5.34. The van der Waals surface area contributed by atoms with E-state index in [0.29, 0.717) is 24.2 Å². The van der Waals surface area contributed by atoms with E-state index in [9.17, 15) is 0 Å². The smallest absolute Gasteiger partial charge is 0.142 e. The van der Waals surface area contributed by atoms with E-state index in [1.54, 1.807) is 7.11 Å². The van der Waals surface area contributed by atoms with Crippen molar-refractivity contribution in [1.29, 1.82) is 0 Å². The number of methoxy groups -OCH3 is 1. The molecule has 1 aromatic rings. The maximum atomic E-state index is 6.21. The van der Waals surface area contributed by atoms with Crippen molar-refractivity contribution >= 4 is 11.6 Å². The molecule has 0 saturated heterocycles. The van der Waals surface area contributed by atoms with Crippen molar-refractivity contribution in [3.8, 4) is 5.75 Å². The van der Waals surface area contributed by atoms with E-state index in [1.165, 1.54) is 0 Å². The minimum absolute atomic E-state index is 0.630. The Kier molecular flexibility index (Phi) is 7.87. The molecule has 108 valence electrons. The van der Waals surface area contributed by atoms with E-state index >= 15 is 0 Å². The molecule has 4 heteroatoms. The highest BCUT2D eigenvalue weighted by molar-refractivity contribution is 6.32. The monoisotopic (exact) mass is 285 g/mol. The summed E-state index contributed by atoms with van der Waals surface area (Å²) >= 11 is 6.21. The first-order chi connectivity index (χ1) is 9.15. The number of halogens is 1. The molecule has 0 heterocycles. The fraction of sp³-hybridized carbons (Fsp3) is 0.600. The molecule has 0 atom stereocenters. The van der Waals surface area contributed by atoms with Crippen molar-refractivity contribution in [3.63, 3.8) is 0 Å². The Morgan fingerprint density at radius 2 is 2.05 bits per heavy atom. The number of hydrogen-bond donors (Lipinski definition) is 1. The molecule has 0 saturated carbocycles. The molecule has 1 N–H and O–H groups in total. The first-order valence-corrected chi connectivity index (χ1v) is 7.12. The lowest BCUT2D eigenvalue weighted by atomic mass is 10.1. The Labute approximate surface area is 121 Å². The maximum Gasteiger partial charge on any atom is 0.142 e. The number of benzene rings is 1. The first kappa shape index (κ1) is 16.3. The van der Waals surface area contributed by atoms with Crippen molar-refractivity contribution < 1.29 is 9.47 Å². The SMILES string of the molecule is COCCNCc1cccc(Cl)c1OCCC(C)C. The molecule has 0 unspecified atom stereocenters. The highest BCUT2D eigenvalue weighted by Gasteiger charge is 2.08. The molecule has 0 aliphatic rings. The third-order valence-corrected chi connectivity index (χ3v) is 3.09. The van der Waals surface area contributed by atoms with Gasteiger partial charge in [0.15, 0.2) is 0 Å². The molecule has 0 amide bonds. The van der Waals surface area contributed by atoms with Gasteiger partial charge >= 0.3 is 0 Å². The Hall–Kier alpha value is -0.770. The zero-order valence-electron chi connectivity index (χ0n) is 12.0. The fourth-order valence-corrected chi connectivity index (χ4v) is 1.90. The summed E-state index contributed by atoms with van der Waals surface area (Å²) in [5.74, 6) is 1.43. The molecule has 3 nitrogen and oxygen atoms in total. The predicted octanol–water partition coefficient (Wildman–Crippen LogP) is 3.50. The van der Waals surface area contributed by atoms with E-state index in [2.05, 4.69) is 19.2 Å². The van der Waals surface area contributed by atoms with Crippen molar-refractivity contribution in [2.24, 2.45) is 5.92 Å². The van der Waals surface area contributed by atoms with E-state index in [-0.39, 0.29) is 0 Å². The molecule has 0 bridgehead atoms. The van der Waals surface area contributed by atoms with Gasteiger partial charge in [-0.1, -0.05) is 37.6 Å². The van der Waals surface area contributed by atoms with Gasteiger partial charge in [0.2, 0.25) is 0 Å². The normalized spacial score (nSPS) is 11.0. The molecule has 1 aromatic carbocycles. The topological polar surface area (TPSA) is 30.5 Å². The van der Waals surface area contributed by atoms with Crippen molar-refractivity contribution in [2.45, 2.75) is 26.8 Å². The van der Waals surface area contributed by atoms with Crippen LogP contribution in [0.25, 0.3) is 0 Å². The minimum atomic E-state index is 0.630. The third-order valence-electron chi connectivity index (χ3n) is 2.79. The standard InChI is InChI=1S/C15H24ClNO2/c1-12(2)7-9-19-15-13(5-4-6-14(15)16)11-17-8-10-18-3/h4-6,12,17H,7-11H2,1-3H3. The van der Waals surface area contributed by atoms with Crippen LogP contribution in [0.15, 0.2) is 18.2 Å². The van der Waals surface area contributed by atoms with Crippen LogP contribution in [-0.2, 0) is 11.3 Å². The number of rotatable bonds is 9. The van der Waals surface area contributed by atoms with Gasteiger partial charge in [0.1, 0.15) is 5.75 Å². The van der Waals surface area contributed by atoms with Crippen molar-refractivity contribution in [1.82, 2.24) is 5.32 Å². The average Bonchev–Trinajstić information content (AvgIpc) is 2.37. The van der Waals surface area contributed by atoms with Gasteiger partial charge < -0.3 is 14.8 Å². The minimum Gasteiger partial charge on any atom is -0.492 e. The lowest BCUT2D eigenvalue weighted by Crippen LogP contribution is -2.19. The lowest BCUT2D eigenvalue weighted by Gasteiger charge is -2.14. The van der Waals surface area contributed by atoms with Crippen LogP contribution in [0.3, 0.4) is 0 Å². The Morgan fingerprint density at radius 1 is 1.26 bits per heavy atom. The largest absolute Gasteiger partial charge is 0.492 e. The maximum absolute atomic E-state index is 6.21. The van der Waals surface area contributed by atoms with Gasteiger partial charge in [0, 0.05) is 25.8 Å². The molecule has 0 aliphatic carbocycles. The second-order valence-electron chi connectivity index (χ2n) is 4.93. The summed E-state index contributed by atoms with van der Waals surface area (Å²) in [7, 11) is 1.70. The lowest BCUT2D eigenvalue weighted by molar-refractivity contribution is 0.199. The summed E-state index contributed by atoms with van der Waals surface area (Å²) in [6.45, 7) is 7.32. The van der Waals surface area contributed by atoms with Gasteiger partial charge in [-0.2, -0.15) is 0 Å². The summed E-state index contributed by atoms with van der Waals surface area (Å²) < 4.78 is 10.8. The van der Waals surface area contributed by atoms with Gasteiger partial charge in [-0.25, -0.2) is 0 Å². The van der Waals surface area contributed by atoms with Crippen LogP contribution in [-0.4, -0.2) is 26.9 Å². The predicted molar refractivity (Wildman–Crippen MR) is 80.0 cm³/mol. The average molecular weight is 286 g/mol. The van der Waals surface area contributed by atoms with Crippen LogP contribution in [0.2, 0.25) is 5.02 Å². The van der Waals surface area contributed by atoms with Crippen LogP contribution in [0.4, 0.5) is 0 Å². The Bertz CT molecular complexity index is 369. The van der Waals surface area contributed by atoms with Crippen LogP contribution >= 0.6 is 11.6 Å². The molecule has 0 fully saturated rings. The van der Waals surface area contributed by atoms with Gasteiger partial charge in [0.25, 0.3) is 0 Å². The van der Waals surface area contributed by atoms with Crippen LogP contribution < -0.4 is 10.1 Å². The van der Waals surface area contributed by atoms with E-state index in [1.807, 2.05) is 18.2 Å². The van der Waals surface area contributed by atoms with Gasteiger partial charge in [0.05, 0.1) is 18.2 Å². The van der Waals surface area contributed by atoms with E-state index in [0.717, 1.165) is 30.8 Å². The molecule has 0 aliphatic heterocycles.